The second kappa shape index (κ2) is 5.25. The molecule has 1 aliphatic heterocycles. The fraction of sp³-hybridized carbons (Fsp3) is 0.214. The number of aryl methyl sites for hydroxylation is 1. The number of hydrogen-bond donors (Lipinski definition) is 2. The second-order valence-electron chi connectivity index (χ2n) is 4.70. The quantitative estimate of drug-likeness (QED) is 0.902. The topological polar surface area (TPSA) is 92.4 Å². The molecule has 2 aromatic rings. The fourth-order valence-electron chi connectivity index (χ4n) is 2.16. The Labute approximate surface area is 124 Å². The molecule has 0 bridgehead atoms. The summed E-state index contributed by atoms with van der Waals surface area (Å²) in [6.45, 7) is 1.57. The minimum absolute atomic E-state index is 0.157. The van der Waals surface area contributed by atoms with E-state index in [0.29, 0.717) is 17.1 Å². The molecule has 0 fully saturated rings. The Morgan fingerprint density at radius 2 is 2.29 bits per heavy atom. The third-order valence-corrected chi connectivity index (χ3v) is 4.24. The van der Waals surface area contributed by atoms with E-state index in [4.69, 9.17) is 9.63 Å². The highest BCUT2D eigenvalue weighted by Gasteiger charge is 2.28. The van der Waals surface area contributed by atoms with Crippen molar-refractivity contribution in [3.63, 3.8) is 0 Å². The third kappa shape index (κ3) is 2.52. The average Bonchev–Trinajstić information content (AvgIpc) is 2.88. The predicted molar refractivity (Wildman–Crippen MR) is 76.2 cm³/mol. The van der Waals surface area contributed by atoms with Crippen molar-refractivity contribution >= 4 is 23.6 Å². The van der Waals surface area contributed by atoms with Gasteiger partial charge in [0.2, 0.25) is 0 Å². The first kappa shape index (κ1) is 13.7. The van der Waals surface area contributed by atoms with Crippen LogP contribution in [0.5, 0.6) is 0 Å². The molecule has 0 unspecified atom stereocenters. The Hall–Kier alpha value is -2.28. The number of amides is 1. The third-order valence-electron chi connectivity index (χ3n) is 3.16. The van der Waals surface area contributed by atoms with Gasteiger partial charge in [-0.15, -0.1) is 11.8 Å². The van der Waals surface area contributed by atoms with Crippen LogP contribution in [-0.2, 0) is 10.5 Å². The Morgan fingerprint density at radius 3 is 3.05 bits per heavy atom. The van der Waals surface area contributed by atoms with Gasteiger partial charge in [0, 0.05) is 21.8 Å². The zero-order chi connectivity index (χ0) is 15.0. The standard InChI is InChI=1S/C14H12N2O4S/c1-7-2-3-8-10(4-7)21-6-9-12(16-20-13(8)9)14(19)15-5-11(17)18/h2-4H,5-6H2,1H3,(H,15,19)(H,17,18). The maximum atomic E-state index is 11.9. The van der Waals surface area contributed by atoms with Gasteiger partial charge in [0.15, 0.2) is 11.5 Å². The molecule has 7 heteroatoms. The first-order valence-electron chi connectivity index (χ1n) is 6.28. The molecule has 0 aliphatic carbocycles. The number of carbonyl (C=O) groups is 2. The molecule has 1 aromatic carbocycles. The molecule has 108 valence electrons. The van der Waals surface area contributed by atoms with Gasteiger partial charge in [-0.1, -0.05) is 11.2 Å². The molecule has 21 heavy (non-hydrogen) atoms. The van der Waals surface area contributed by atoms with Crippen molar-refractivity contribution in [3.8, 4) is 11.3 Å². The SMILES string of the molecule is Cc1ccc2c(c1)SCc1c(C(=O)NCC(=O)O)noc1-2. The Kier molecular flexibility index (Phi) is 3.42. The number of carboxylic acid groups (broad SMARTS) is 1. The highest BCUT2D eigenvalue weighted by molar-refractivity contribution is 7.98. The number of nitrogens with one attached hydrogen (secondary N) is 1. The molecule has 2 N–H and O–H groups in total. The van der Waals surface area contributed by atoms with Crippen LogP contribution in [0.1, 0.15) is 21.6 Å². The van der Waals surface area contributed by atoms with Gasteiger partial charge in [-0.3, -0.25) is 9.59 Å². The summed E-state index contributed by atoms with van der Waals surface area (Å²) in [5.74, 6) is -0.468. The first-order valence-corrected chi connectivity index (χ1v) is 7.27. The van der Waals surface area contributed by atoms with Crippen LogP contribution >= 0.6 is 11.8 Å². The zero-order valence-electron chi connectivity index (χ0n) is 11.2. The number of aromatic nitrogens is 1. The lowest BCUT2D eigenvalue weighted by atomic mass is 10.1. The normalized spacial score (nSPS) is 12.4. The summed E-state index contributed by atoms with van der Waals surface area (Å²) in [7, 11) is 0. The molecule has 2 heterocycles. The van der Waals surface area contributed by atoms with Crippen molar-refractivity contribution in [1.29, 1.82) is 0 Å². The highest BCUT2D eigenvalue weighted by Crippen LogP contribution is 2.43. The summed E-state index contributed by atoms with van der Waals surface area (Å²) < 4.78 is 5.31. The molecule has 1 amide bonds. The van der Waals surface area contributed by atoms with Crippen molar-refractivity contribution in [2.75, 3.05) is 6.54 Å². The minimum Gasteiger partial charge on any atom is -0.480 e. The van der Waals surface area contributed by atoms with Crippen LogP contribution in [-0.4, -0.2) is 28.7 Å². The Bertz CT molecular complexity index is 739. The molecule has 0 saturated heterocycles. The monoisotopic (exact) mass is 304 g/mol. The van der Waals surface area contributed by atoms with Crippen LogP contribution in [0.15, 0.2) is 27.6 Å². The average molecular weight is 304 g/mol. The summed E-state index contributed by atoms with van der Waals surface area (Å²) in [5.41, 5.74) is 2.93. The van der Waals surface area contributed by atoms with Crippen LogP contribution in [0.2, 0.25) is 0 Å². The molecule has 0 spiro atoms. The first-order chi connectivity index (χ1) is 10.1. The van der Waals surface area contributed by atoms with Crippen LogP contribution in [0.4, 0.5) is 0 Å². The molecule has 6 nitrogen and oxygen atoms in total. The summed E-state index contributed by atoms with van der Waals surface area (Å²) in [4.78, 5) is 23.5. The van der Waals surface area contributed by atoms with Gasteiger partial charge in [0.25, 0.3) is 5.91 Å². The van der Waals surface area contributed by atoms with Crippen molar-refractivity contribution in [3.05, 3.63) is 35.0 Å². The van der Waals surface area contributed by atoms with Crippen molar-refractivity contribution in [2.45, 2.75) is 17.6 Å². The predicted octanol–water partition coefficient (Wildman–Crippen LogP) is 2.07. The van der Waals surface area contributed by atoms with Gasteiger partial charge in [-0.05, 0) is 24.6 Å². The van der Waals surface area contributed by atoms with Crippen LogP contribution < -0.4 is 5.32 Å². The van der Waals surface area contributed by atoms with E-state index in [0.717, 1.165) is 16.0 Å². The molecule has 0 saturated carbocycles. The lowest BCUT2D eigenvalue weighted by Crippen LogP contribution is -2.30. The van der Waals surface area contributed by atoms with E-state index in [1.807, 2.05) is 19.1 Å². The molecule has 0 radical (unpaired) electrons. The van der Waals surface area contributed by atoms with Gasteiger partial charge in [-0.2, -0.15) is 0 Å². The number of nitrogens with zero attached hydrogens (tertiary/aromatic N) is 1. The number of aliphatic carboxylic acids is 1. The summed E-state index contributed by atoms with van der Waals surface area (Å²) in [6.07, 6.45) is 0. The molecule has 0 atom stereocenters. The van der Waals surface area contributed by atoms with Crippen LogP contribution in [0.3, 0.4) is 0 Å². The zero-order valence-corrected chi connectivity index (χ0v) is 12.0. The van der Waals surface area contributed by atoms with Crippen molar-refractivity contribution in [1.82, 2.24) is 10.5 Å². The van der Waals surface area contributed by atoms with Gasteiger partial charge >= 0.3 is 5.97 Å². The Balaban J connectivity index is 1.94. The van der Waals surface area contributed by atoms with E-state index in [9.17, 15) is 9.59 Å². The molecular weight excluding hydrogens is 292 g/mol. The molecular formula is C14H12N2O4S. The fourth-order valence-corrected chi connectivity index (χ4v) is 3.31. The smallest absolute Gasteiger partial charge is 0.322 e. The van der Waals surface area contributed by atoms with Gasteiger partial charge in [0.05, 0.1) is 0 Å². The van der Waals surface area contributed by atoms with Crippen LogP contribution in [0, 0.1) is 6.92 Å². The maximum Gasteiger partial charge on any atom is 0.322 e. The molecule has 1 aromatic heterocycles. The second-order valence-corrected chi connectivity index (χ2v) is 5.72. The van der Waals surface area contributed by atoms with E-state index in [1.165, 1.54) is 0 Å². The number of benzene rings is 1. The maximum absolute atomic E-state index is 11.9. The van der Waals surface area contributed by atoms with E-state index >= 15 is 0 Å². The lowest BCUT2D eigenvalue weighted by molar-refractivity contribution is -0.135. The highest BCUT2D eigenvalue weighted by atomic mass is 32.2. The van der Waals surface area contributed by atoms with E-state index in [1.54, 1.807) is 11.8 Å². The molecule has 1 aliphatic rings. The molecule has 3 rings (SSSR count). The summed E-state index contributed by atoms with van der Waals surface area (Å²) >= 11 is 1.61. The largest absolute Gasteiger partial charge is 0.480 e. The van der Waals surface area contributed by atoms with E-state index < -0.39 is 18.4 Å². The number of carbonyl (C=O) groups excluding carboxylic acids is 1. The summed E-state index contributed by atoms with van der Waals surface area (Å²) in [6, 6.07) is 5.98. The Morgan fingerprint density at radius 1 is 1.48 bits per heavy atom. The van der Waals surface area contributed by atoms with Crippen LogP contribution in [0.25, 0.3) is 11.3 Å². The van der Waals surface area contributed by atoms with E-state index in [-0.39, 0.29) is 5.69 Å². The van der Waals surface area contributed by atoms with E-state index in [2.05, 4.69) is 16.5 Å². The summed E-state index contributed by atoms with van der Waals surface area (Å²) in [5, 5.41) is 14.7. The number of fused-ring (bicyclic) bond motifs is 3. The number of carboxylic acids is 1. The van der Waals surface area contributed by atoms with Crippen molar-refractivity contribution in [2.24, 2.45) is 0 Å². The number of hydrogen-bond acceptors (Lipinski definition) is 5. The van der Waals surface area contributed by atoms with Crippen molar-refractivity contribution < 1.29 is 19.2 Å². The lowest BCUT2D eigenvalue weighted by Gasteiger charge is -2.14. The minimum atomic E-state index is -1.10. The number of thioether (sulfide) groups is 1. The number of rotatable bonds is 3. The van der Waals surface area contributed by atoms with Gasteiger partial charge in [0.1, 0.15) is 6.54 Å². The van der Waals surface area contributed by atoms with Gasteiger partial charge in [-0.25, -0.2) is 0 Å². The van der Waals surface area contributed by atoms with Gasteiger partial charge < -0.3 is 14.9 Å².